The predicted octanol–water partition coefficient (Wildman–Crippen LogP) is 2.10. The fourth-order valence-corrected chi connectivity index (χ4v) is 3.47. The van der Waals surface area contributed by atoms with Crippen molar-refractivity contribution in [2.24, 2.45) is 0 Å². The number of aryl methyl sites for hydroxylation is 2. The molecule has 4 rings (SSSR count). The van der Waals surface area contributed by atoms with Gasteiger partial charge in [0.2, 0.25) is 11.8 Å². The van der Waals surface area contributed by atoms with Crippen molar-refractivity contribution in [3.8, 4) is 0 Å². The third-order valence-corrected chi connectivity index (χ3v) is 4.88. The molecule has 9 heteroatoms. The van der Waals surface area contributed by atoms with Crippen molar-refractivity contribution < 1.29 is 18.9 Å². The number of carbonyl (C=O) groups is 3. The number of nitrogens with one attached hydrogen (secondary N) is 2. The molecule has 2 aromatic carbocycles. The van der Waals surface area contributed by atoms with Gasteiger partial charge in [-0.05, 0) is 24.8 Å². The molecule has 4 amide bonds. The maximum absolute atomic E-state index is 12.8. The number of anilines is 1. The molecular formula is C21H21N5O4. The van der Waals surface area contributed by atoms with Crippen LogP contribution >= 0.6 is 0 Å². The van der Waals surface area contributed by atoms with Gasteiger partial charge in [0, 0.05) is 18.4 Å². The molecule has 0 aliphatic carbocycles. The number of aromatic nitrogens is 2. The van der Waals surface area contributed by atoms with Crippen LogP contribution in [0.4, 0.5) is 10.5 Å². The van der Waals surface area contributed by atoms with Crippen molar-refractivity contribution in [2.75, 3.05) is 11.4 Å². The number of hydrogen-bond donors (Lipinski definition) is 2. The molecule has 2 heterocycles. The van der Waals surface area contributed by atoms with Crippen LogP contribution in [0, 0.1) is 6.92 Å². The van der Waals surface area contributed by atoms with Crippen LogP contribution in [0.2, 0.25) is 0 Å². The summed E-state index contributed by atoms with van der Waals surface area (Å²) in [5, 5.41) is 10.8. The van der Waals surface area contributed by atoms with Gasteiger partial charge < -0.3 is 15.2 Å². The third kappa shape index (κ3) is 4.00. The topological polar surface area (TPSA) is 117 Å². The van der Waals surface area contributed by atoms with E-state index in [2.05, 4.69) is 20.8 Å². The van der Waals surface area contributed by atoms with Gasteiger partial charge in [-0.3, -0.25) is 9.59 Å². The molecule has 2 N–H and O–H groups in total. The molecule has 0 spiro atoms. The van der Waals surface area contributed by atoms with Crippen LogP contribution in [-0.4, -0.2) is 40.6 Å². The molecule has 1 saturated heterocycles. The lowest BCUT2D eigenvalue weighted by molar-refractivity contribution is -0.125. The minimum atomic E-state index is -0.893. The molecule has 1 aliphatic rings. The van der Waals surface area contributed by atoms with Gasteiger partial charge in [0.25, 0.3) is 5.91 Å². The SMILES string of the molecule is Cc1noc(CCCNC(=O)C[C@H]2NC(=O)N(c3cccc4ccccc34)C2=O)n1. The monoisotopic (exact) mass is 407 g/mol. The second-order valence-corrected chi connectivity index (χ2v) is 7.07. The summed E-state index contributed by atoms with van der Waals surface area (Å²) < 4.78 is 5.02. The van der Waals surface area contributed by atoms with Crippen LogP contribution in [0.3, 0.4) is 0 Å². The smallest absolute Gasteiger partial charge is 0.329 e. The van der Waals surface area contributed by atoms with E-state index in [1.165, 1.54) is 0 Å². The highest BCUT2D eigenvalue weighted by Crippen LogP contribution is 2.29. The molecule has 0 unspecified atom stereocenters. The summed E-state index contributed by atoms with van der Waals surface area (Å²) >= 11 is 0. The highest BCUT2D eigenvalue weighted by Gasteiger charge is 2.40. The van der Waals surface area contributed by atoms with Gasteiger partial charge in [-0.1, -0.05) is 41.6 Å². The molecule has 1 aromatic heterocycles. The fraction of sp³-hybridized carbons (Fsp3) is 0.286. The molecule has 9 nitrogen and oxygen atoms in total. The lowest BCUT2D eigenvalue weighted by Gasteiger charge is -2.15. The summed E-state index contributed by atoms with van der Waals surface area (Å²) in [6.07, 6.45) is 1.06. The summed E-state index contributed by atoms with van der Waals surface area (Å²) in [4.78, 5) is 42.8. The van der Waals surface area contributed by atoms with Crippen LogP contribution in [0.5, 0.6) is 0 Å². The lowest BCUT2D eigenvalue weighted by Crippen LogP contribution is -2.37. The number of carbonyl (C=O) groups excluding carboxylic acids is 3. The van der Waals surface area contributed by atoms with E-state index < -0.39 is 18.0 Å². The Bertz CT molecular complexity index is 1100. The predicted molar refractivity (Wildman–Crippen MR) is 109 cm³/mol. The number of nitrogens with zero attached hydrogens (tertiary/aromatic N) is 3. The molecule has 30 heavy (non-hydrogen) atoms. The van der Waals surface area contributed by atoms with E-state index >= 15 is 0 Å². The first kappa shape index (κ1) is 19.6. The molecule has 1 atom stereocenters. The van der Waals surface area contributed by atoms with Crippen LogP contribution < -0.4 is 15.5 Å². The fourth-order valence-electron chi connectivity index (χ4n) is 3.47. The van der Waals surface area contributed by atoms with Gasteiger partial charge in [-0.15, -0.1) is 0 Å². The Hall–Kier alpha value is -3.75. The van der Waals surface area contributed by atoms with E-state index in [0.29, 0.717) is 36.8 Å². The number of imide groups is 1. The van der Waals surface area contributed by atoms with Crippen molar-refractivity contribution in [2.45, 2.75) is 32.2 Å². The summed E-state index contributed by atoms with van der Waals surface area (Å²) in [5.74, 6) is 0.342. The van der Waals surface area contributed by atoms with Crippen LogP contribution in [-0.2, 0) is 16.0 Å². The molecule has 0 bridgehead atoms. The standard InChI is InChI=1S/C21H21N5O4/c1-13-23-19(30-25-13)10-5-11-22-18(27)12-16-20(28)26(21(29)24-16)17-9-4-7-14-6-2-3-8-15(14)17/h2-4,6-9,16H,5,10-12H2,1H3,(H,22,27)(H,24,29)/t16-/m1/s1. The molecular weight excluding hydrogens is 386 g/mol. The summed E-state index contributed by atoms with van der Waals surface area (Å²) in [5.41, 5.74) is 0.508. The Labute approximate surface area is 172 Å². The normalized spacial score (nSPS) is 16.2. The second kappa shape index (κ2) is 8.32. The zero-order chi connectivity index (χ0) is 21.1. The van der Waals surface area contributed by atoms with E-state index in [9.17, 15) is 14.4 Å². The van der Waals surface area contributed by atoms with Crippen molar-refractivity contribution in [3.63, 3.8) is 0 Å². The average Bonchev–Trinajstić information content (AvgIpc) is 3.27. The van der Waals surface area contributed by atoms with Gasteiger partial charge in [0.15, 0.2) is 5.82 Å². The average molecular weight is 407 g/mol. The number of urea groups is 1. The third-order valence-electron chi connectivity index (χ3n) is 4.88. The van der Waals surface area contributed by atoms with Gasteiger partial charge in [0.05, 0.1) is 12.1 Å². The highest BCUT2D eigenvalue weighted by molar-refractivity contribution is 6.24. The Kier molecular flexibility index (Phi) is 5.42. The first-order valence-electron chi connectivity index (χ1n) is 9.71. The minimum absolute atomic E-state index is 0.120. The van der Waals surface area contributed by atoms with Gasteiger partial charge in [-0.25, -0.2) is 9.69 Å². The van der Waals surface area contributed by atoms with Crippen molar-refractivity contribution in [1.29, 1.82) is 0 Å². The summed E-state index contributed by atoms with van der Waals surface area (Å²) in [6.45, 7) is 2.14. The first-order valence-corrected chi connectivity index (χ1v) is 9.71. The maximum Gasteiger partial charge on any atom is 0.329 e. The maximum atomic E-state index is 12.8. The van der Waals surface area contributed by atoms with E-state index in [1.807, 2.05) is 30.3 Å². The zero-order valence-corrected chi connectivity index (χ0v) is 16.4. The van der Waals surface area contributed by atoms with Crippen LogP contribution in [0.1, 0.15) is 24.6 Å². The molecule has 0 radical (unpaired) electrons. The van der Waals surface area contributed by atoms with E-state index in [4.69, 9.17) is 4.52 Å². The Balaban J connectivity index is 1.35. The molecule has 1 aliphatic heterocycles. The summed E-state index contributed by atoms with van der Waals surface area (Å²) in [7, 11) is 0. The van der Waals surface area contributed by atoms with Gasteiger partial charge >= 0.3 is 6.03 Å². The van der Waals surface area contributed by atoms with E-state index in [1.54, 1.807) is 19.1 Å². The lowest BCUT2D eigenvalue weighted by atomic mass is 10.1. The van der Waals surface area contributed by atoms with E-state index in [0.717, 1.165) is 15.7 Å². The van der Waals surface area contributed by atoms with Crippen LogP contribution in [0.15, 0.2) is 47.0 Å². The number of amides is 4. The molecule has 154 valence electrons. The largest absolute Gasteiger partial charge is 0.356 e. The van der Waals surface area contributed by atoms with Crippen LogP contribution in [0.25, 0.3) is 10.8 Å². The van der Waals surface area contributed by atoms with Crippen molar-refractivity contribution >= 4 is 34.3 Å². The molecule has 1 fully saturated rings. The second-order valence-electron chi connectivity index (χ2n) is 7.07. The first-order chi connectivity index (χ1) is 14.5. The highest BCUT2D eigenvalue weighted by atomic mass is 16.5. The Morgan fingerprint density at radius 3 is 2.80 bits per heavy atom. The minimum Gasteiger partial charge on any atom is -0.356 e. The zero-order valence-electron chi connectivity index (χ0n) is 16.4. The Morgan fingerprint density at radius 1 is 1.20 bits per heavy atom. The van der Waals surface area contributed by atoms with Crippen molar-refractivity contribution in [3.05, 3.63) is 54.2 Å². The van der Waals surface area contributed by atoms with Gasteiger partial charge in [-0.2, -0.15) is 4.98 Å². The van der Waals surface area contributed by atoms with Crippen molar-refractivity contribution in [1.82, 2.24) is 20.8 Å². The number of hydrogen-bond acceptors (Lipinski definition) is 6. The van der Waals surface area contributed by atoms with E-state index in [-0.39, 0.29) is 12.3 Å². The number of benzene rings is 2. The van der Waals surface area contributed by atoms with Gasteiger partial charge in [0.1, 0.15) is 6.04 Å². The number of fused-ring (bicyclic) bond motifs is 1. The number of rotatable bonds is 7. The Morgan fingerprint density at radius 2 is 2.00 bits per heavy atom. The molecule has 0 saturated carbocycles. The summed E-state index contributed by atoms with van der Waals surface area (Å²) in [6, 6.07) is 11.5. The quantitative estimate of drug-likeness (QED) is 0.457. The molecule has 3 aromatic rings.